The number of hydrogen-bond acceptors (Lipinski definition) is 4. The lowest BCUT2D eigenvalue weighted by Crippen LogP contribution is -2.46. The third kappa shape index (κ3) is 40.7. The summed E-state index contributed by atoms with van der Waals surface area (Å²) in [5, 5.41) is 33.5. The summed E-state index contributed by atoms with van der Waals surface area (Å²) in [5.74, 6) is -0.288. The molecule has 0 aliphatic heterocycles. The summed E-state index contributed by atoms with van der Waals surface area (Å²) in [6, 6.07) is -0.660. The Labute approximate surface area is 338 Å². The minimum Gasteiger partial charge on any atom is -0.394 e. The number of unbranched alkanes of at least 4 members (excludes halogenated alkanes) is 34. The highest BCUT2D eigenvalue weighted by atomic mass is 16.3. The molecule has 0 spiro atoms. The van der Waals surface area contributed by atoms with E-state index in [1.54, 1.807) is 0 Å². The molecule has 0 saturated heterocycles. The molecule has 0 aromatic carbocycles. The molecule has 5 nitrogen and oxygen atoms in total. The molecule has 0 aliphatic carbocycles. The van der Waals surface area contributed by atoms with E-state index in [1.165, 1.54) is 199 Å². The van der Waals surface area contributed by atoms with Crippen LogP contribution in [0.3, 0.4) is 0 Å². The highest BCUT2D eigenvalue weighted by Crippen LogP contribution is 2.17. The first-order valence-electron chi connectivity index (χ1n) is 24.5. The van der Waals surface area contributed by atoms with Crippen molar-refractivity contribution in [3.05, 3.63) is 12.2 Å². The van der Waals surface area contributed by atoms with Crippen LogP contribution >= 0.6 is 0 Å². The number of allylic oxidation sites excluding steroid dienone is 2. The maximum atomic E-state index is 12.5. The minimum absolute atomic E-state index is 0.0288. The van der Waals surface area contributed by atoms with E-state index in [4.69, 9.17) is 0 Å². The lowest BCUT2D eigenvalue weighted by Gasteiger charge is -2.23. The minimum atomic E-state index is -0.750. The van der Waals surface area contributed by atoms with E-state index in [0.717, 1.165) is 38.5 Å². The summed E-state index contributed by atoms with van der Waals surface area (Å²) >= 11 is 0. The Balaban J connectivity index is 3.54. The lowest BCUT2D eigenvalue weighted by molar-refractivity contribution is -0.125. The van der Waals surface area contributed by atoms with Gasteiger partial charge in [0.05, 0.1) is 31.3 Å². The highest BCUT2D eigenvalue weighted by Gasteiger charge is 2.21. The average molecular weight is 764 g/mol. The van der Waals surface area contributed by atoms with Gasteiger partial charge in [0.15, 0.2) is 0 Å². The van der Waals surface area contributed by atoms with Gasteiger partial charge in [-0.2, -0.15) is 0 Å². The summed E-state index contributed by atoms with van der Waals surface area (Å²) in [6.45, 7) is 4.27. The number of rotatable bonds is 45. The van der Waals surface area contributed by atoms with Crippen molar-refractivity contribution >= 4 is 5.91 Å². The number of nitrogens with one attached hydrogen (secondary N) is 1. The molecule has 0 fully saturated rings. The zero-order valence-corrected chi connectivity index (χ0v) is 36.6. The van der Waals surface area contributed by atoms with Crippen LogP contribution in [0, 0.1) is 0 Å². The molecule has 0 aliphatic rings. The van der Waals surface area contributed by atoms with E-state index >= 15 is 0 Å². The van der Waals surface area contributed by atoms with Gasteiger partial charge in [0.25, 0.3) is 0 Å². The maximum Gasteiger partial charge on any atom is 0.222 e. The lowest BCUT2D eigenvalue weighted by atomic mass is 10.0. The molecule has 0 aromatic heterocycles. The van der Waals surface area contributed by atoms with E-state index in [1.807, 2.05) is 0 Å². The molecule has 5 heteroatoms. The monoisotopic (exact) mass is 764 g/mol. The first-order chi connectivity index (χ1) is 26.5. The predicted octanol–water partition coefficient (Wildman–Crippen LogP) is 14.4. The second-order valence-electron chi connectivity index (χ2n) is 17.1. The van der Waals surface area contributed by atoms with Crippen LogP contribution in [-0.2, 0) is 4.79 Å². The van der Waals surface area contributed by atoms with E-state index in [2.05, 4.69) is 31.3 Å². The Morgan fingerprint density at radius 1 is 0.444 bits per heavy atom. The number of hydrogen-bond donors (Lipinski definition) is 4. The molecule has 0 bridgehead atoms. The Morgan fingerprint density at radius 3 is 1.09 bits per heavy atom. The molecule has 0 saturated carbocycles. The fourth-order valence-corrected chi connectivity index (χ4v) is 7.81. The van der Waals surface area contributed by atoms with Crippen LogP contribution in [0.5, 0.6) is 0 Å². The molecule has 1 amide bonds. The SMILES string of the molecule is CCCCCCCCC/C=C\CCCCCC(O)CC(=O)NC(CO)C(O)CCCCCCCCCCCCCCCCCCCCCCCCCCC. The van der Waals surface area contributed by atoms with Crippen molar-refractivity contribution in [1.29, 1.82) is 0 Å². The van der Waals surface area contributed by atoms with E-state index in [-0.39, 0.29) is 18.9 Å². The van der Waals surface area contributed by atoms with Crippen LogP contribution in [-0.4, -0.2) is 46.1 Å². The van der Waals surface area contributed by atoms with E-state index < -0.39 is 18.2 Å². The summed E-state index contributed by atoms with van der Waals surface area (Å²) in [7, 11) is 0. The smallest absolute Gasteiger partial charge is 0.222 e. The molecule has 3 atom stereocenters. The molecular weight excluding hydrogens is 667 g/mol. The van der Waals surface area contributed by atoms with E-state index in [9.17, 15) is 20.1 Å². The summed E-state index contributed by atoms with van der Waals surface area (Å²) in [5.41, 5.74) is 0. The maximum absolute atomic E-state index is 12.5. The fraction of sp³-hybridized carbons (Fsp3) is 0.939. The quantitative estimate of drug-likeness (QED) is 0.0367. The standard InChI is InChI=1S/C49H97NO4/c1-3-5-7-9-11-13-15-17-19-20-21-22-23-24-25-26-27-28-29-31-33-35-37-39-41-43-48(53)47(45-51)50-49(54)44-46(52)42-40-38-36-34-32-30-18-16-14-12-10-8-6-4-2/h30,32,46-48,51-53H,3-29,31,33-45H2,1-2H3,(H,50,54)/b32-30-. The molecule has 0 rings (SSSR count). The third-order valence-corrected chi connectivity index (χ3v) is 11.6. The van der Waals surface area contributed by atoms with Gasteiger partial charge in [-0.05, 0) is 38.5 Å². The summed E-state index contributed by atoms with van der Waals surface area (Å²) in [6.07, 6.45) is 53.4. The Hall–Kier alpha value is -0.910. The van der Waals surface area contributed by atoms with Gasteiger partial charge in [-0.25, -0.2) is 0 Å². The molecule has 322 valence electrons. The van der Waals surface area contributed by atoms with Crippen molar-refractivity contribution in [3.8, 4) is 0 Å². The Morgan fingerprint density at radius 2 is 0.741 bits per heavy atom. The van der Waals surface area contributed by atoms with Gasteiger partial charge in [0.2, 0.25) is 5.91 Å². The van der Waals surface area contributed by atoms with Crippen LogP contribution in [0.25, 0.3) is 0 Å². The van der Waals surface area contributed by atoms with Gasteiger partial charge < -0.3 is 20.6 Å². The van der Waals surface area contributed by atoms with Crippen molar-refractivity contribution in [2.45, 2.75) is 289 Å². The van der Waals surface area contributed by atoms with Crippen LogP contribution in [0.15, 0.2) is 12.2 Å². The zero-order chi connectivity index (χ0) is 39.4. The van der Waals surface area contributed by atoms with Crippen LogP contribution in [0.4, 0.5) is 0 Å². The van der Waals surface area contributed by atoms with Crippen molar-refractivity contribution in [1.82, 2.24) is 5.32 Å². The molecule has 0 heterocycles. The molecule has 54 heavy (non-hydrogen) atoms. The molecule has 3 unspecified atom stereocenters. The number of aliphatic hydroxyl groups excluding tert-OH is 3. The van der Waals surface area contributed by atoms with Gasteiger partial charge in [-0.3, -0.25) is 4.79 Å². The normalized spacial score (nSPS) is 13.5. The second-order valence-corrected chi connectivity index (χ2v) is 17.1. The third-order valence-electron chi connectivity index (χ3n) is 11.6. The van der Waals surface area contributed by atoms with Crippen LogP contribution in [0.2, 0.25) is 0 Å². The molecular formula is C49H97NO4. The number of carbonyl (C=O) groups excluding carboxylic acids is 1. The average Bonchev–Trinajstić information content (AvgIpc) is 3.16. The summed E-state index contributed by atoms with van der Waals surface area (Å²) in [4.78, 5) is 12.5. The number of aliphatic hydroxyl groups is 3. The van der Waals surface area contributed by atoms with Crippen molar-refractivity contribution in [2.75, 3.05) is 6.61 Å². The van der Waals surface area contributed by atoms with Gasteiger partial charge >= 0.3 is 0 Å². The summed E-state index contributed by atoms with van der Waals surface area (Å²) < 4.78 is 0. The van der Waals surface area contributed by atoms with Crippen molar-refractivity contribution < 1.29 is 20.1 Å². The van der Waals surface area contributed by atoms with Gasteiger partial charge in [0.1, 0.15) is 0 Å². The Kier molecular flexibility index (Phi) is 44.0. The molecule has 0 radical (unpaired) electrons. The highest BCUT2D eigenvalue weighted by molar-refractivity contribution is 5.76. The van der Waals surface area contributed by atoms with Crippen LogP contribution in [0.1, 0.15) is 271 Å². The van der Waals surface area contributed by atoms with Crippen molar-refractivity contribution in [2.24, 2.45) is 0 Å². The second kappa shape index (κ2) is 44.8. The zero-order valence-electron chi connectivity index (χ0n) is 36.6. The van der Waals surface area contributed by atoms with Crippen molar-refractivity contribution in [3.63, 3.8) is 0 Å². The first kappa shape index (κ1) is 53.1. The van der Waals surface area contributed by atoms with Gasteiger partial charge in [0, 0.05) is 0 Å². The number of amides is 1. The van der Waals surface area contributed by atoms with E-state index in [0.29, 0.717) is 12.8 Å². The van der Waals surface area contributed by atoms with Crippen LogP contribution < -0.4 is 5.32 Å². The largest absolute Gasteiger partial charge is 0.394 e. The topological polar surface area (TPSA) is 89.8 Å². The van der Waals surface area contributed by atoms with Gasteiger partial charge in [-0.1, -0.05) is 238 Å². The van der Waals surface area contributed by atoms with Gasteiger partial charge in [-0.15, -0.1) is 0 Å². The Bertz CT molecular complexity index is 758. The fourth-order valence-electron chi connectivity index (χ4n) is 7.81. The first-order valence-corrected chi connectivity index (χ1v) is 24.5. The predicted molar refractivity (Wildman–Crippen MR) is 236 cm³/mol. The molecule has 0 aromatic rings. The number of carbonyl (C=O) groups is 1. The molecule has 4 N–H and O–H groups in total.